The van der Waals surface area contributed by atoms with Crippen LogP contribution in [0.15, 0.2) is 46.3 Å². The van der Waals surface area contributed by atoms with Gasteiger partial charge in [0.05, 0.1) is 12.2 Å². The summed E-state index contributed by atoms with van der Waals surface area (Å²) in [6.07, 6.45) is 0.778. The number of esters is 1. The molecular weight excluding hydrogens is 300 g/mol. The SMILES string of the molecule is O=C(OCCc1cccs1)c1ccc(Br)cc1. The van der Waals surface area contributed by atoms with E-state index >= 15 is 0 Å². The number of carbonyl (C=O) groups excluding carboxylic acids is 1. The molecule has 2 aromatic rings. The van der Waals surface area contributed by atoms with Gasteiger partial charge in [-0.15, -0.1) is 11.3 Å². The Morgan fingerprint density at radius 3 is 2.65 bits per heavy atom. The molecule has 0 aliphatic rings. The third-order valence-electron chi connectivity index (χ3n) is 2.24. The van der Waals surface area contributed by atoms with Crippen molar-refractivity contribution in [3.05, 3.63) is 56.7 Å². The lowest BCUT2D eigenvalue weighted by atomic mass is 10.2. The van der Waals surface area contributed by atoms with Gasteiger partial charge in [-0.25, -0.2) is 4.79 Å². The van der Waals surface area contributed by atoms with Crippen molar-refractivity contribution in [1.82, 2.24) is 0 Å². The first-order chi connectivity index (χ1) is 8.25. The molecule has 17 heavy (non-hydrogen) atoms. The molecule has 1 heterocycles. The number of hydrogen-bond donors (Lipinski definition) is 0. The number of ether oxygens (including phenoxy) is 1. The molecule has 2 nitrogen and oxygen atoms in total. The zero-order chi connectivity index (χ0) is 12.1. The van der Waals surface area contributed by atoms with Crippen molar-refractivity contribution in [3.63, 3.8) is 0 Å². The van der Waals surface area contributed by atoms with E-state index in [1.165, 1.54) is 4.88 Å². The van der Waals surface area contributed by atoms with Crippen molar-refractivity contribution in [2.75, 3.05) is 6.61 Å². The molecule has 0 amide bonds. The second-order valence-electron chi connectivity index (χ2n) is 3.47. The first-order valence-corrected chi connectivity index (χ1v) is 6.88. The normalized spacial score (nSPS) is 10.2. The zero-order valence-corrected chi connectivity index (χ0v) is 11.5. The molecule has 0 aliphatic carbocycles. The number of halogens is 1. The molecule has 0 radical (unpaired) electrons. The minimum absolute atomic E-state index is 0.269. The van der Waals surface area contributed by atoms with Crippen molar-refractivity contribution >= 4 is 33.2 Å². The van der Waals surface area contributed by atoms with Crippen LogP contribution in [0.25, 0.3) is 0 Å². The summed E-state index contributed by atoms with van der Waals surface area (Å²) >= 11 is 5.00. The summed E-state index contributed by atoms with van der Waals surface area (Å²) in [5, 5.41) is 2.02. The Bertz CT molecular complexity index is 477. The van der Waals surface area contributed by atoms with Crippen molar-refractivity contribution in [2.24, 2.45) is 0 Å². The molecule has 0 aliphatic heterocycles. The first kappa shape index (κ1) is 12.3. The number of carbonyl (C=O) groups is 1. The van der Waals surface area contributed by atoms with E-state index in [-0.39, 0.29) is 5.97 Å². The fourth-order valence-corrected chi connectivity index (χ4v) is 2.32. The van der Waals surface area contributed by atoms with Crippen LogP contribution in [0.2, 0.25) is 0 Å². The van der Waals surface area contributed by atoms with Crippen molar-refractivity contribution in [1.29, 1.82) is 0 Å². The molecule has 1 aromatic heterocycles. The molecule has 0 unspecified atom stereocenters. The highest BCUT2D eigenvalue weighted by Gasteiger charge is 2.06. The van der Waals surface area contributed by atoms with E-state index in [2.05, 4.69) is 15.9 Å². The molecule has 0 saturated carbocycles. The van der Waals surface area contributed by atoms with E-state index in [4.69, 9.17) is 4.74 Å². The van der Waals surface area contributed by atoms with E-state index in [9.17, 15) is 4.79 Å². The third kappa shape index (κ3) is 3.68. The van der Waals surface area contributed by atoms with Crippen LogP contribution in [0.1, 0.15) is 15.2 Å². The average Bonchev–Trinajstić information content (AvgIpc) is 2.83. The van der Waals surface area contributed by atoms with Crippen LogP contribution in [0.3, 0.4) is 0 Å². The maximum absolute atomic E-state index is 11.7. The summed E-state index contributed by atoms with van der Waals surface area (Å²) in [5.41, 5.74) is 0.583. The first-order valence-electron chi connectivity index (χ1n) is 5.21. The van der Waals surface area contributed by atoms with Gasteiger partial charge in [-0.05, 0) is 35.7 Å². The Kier molecular flexibility index (Phi) is 4.34. The molecule has 2 rings (SSSR count). The van der Waals surface area contributed by atoms with E-state index in [0.717, 1.165) is 10.9 Å². The number of rotatable bonds is 4. The standard InChI is InChI=1S/C13H11BrO2S/c14-11-5-3-10(4-6-11)13(15)16-8-7-12-2-1-9-17-12/h1-6,9H,7-8H2. The number of benzene rings is 1. The number of thiophene rings is 1. The van der Waals surface area contributed by atoms with E-state index < -0.39 is 0 Å². The zero-order valence-electron chi connectivity index (χ0n) is 9.06. The van der Waals surface area contributed by atoms with E-state index in [1.54, 1.807) is 23.5 Å². The summed E-state index contributed by atoms with van der Waals surface area (Å²) < 4.78 is 6.15. The van der Waals surface area contributed by atoms with E-state index in [0.29, 0.717) is 12.2 Å². The second-order valence-corrected chi connectivity index (χ2v) is 5.42. The lowest BCUT2D eigenvalue weighted by Gasteiger charge is -2.03. The molecule has 0 fully saturated rings. The smallest absolute Gasteiger partial charge is 0.338 e. The molecule has 88 valence electrons. The highest BCUT2D eigenvalue weighted by atomic mass is 79.9. The fraction of sp³-hybridized carbons (Fsp3) is 0.154. The van der Waals surface area contributed by atoms with Gasteiger partial charge in [0.15, 0.2) is 0 Å². The van der Waals surface area contributed by atoms with Gasteiger partial charge >= 0.3 is 5.97 Å². The molecule has 1 aromatic carbocycles. The van der Waals surface area contributed by atoms with Crippen molar-refractivity contribution < 1.29 is 9.53 Å². The predicted molar refractivity (Wildman–Crippen MR) is 72.4 cm³/mol. The molecular formula is C13H11BrO2S. The topological polar surface area (TPSA) is 26.3 Å². The van der Waals surface area contributed by atoms with Gasteiger partial charge in [0, 0.05) is 15.8 Å². The lowest BCUT2D eigenvalue weighted by molar-refractivity contribution is 0.0510. The maximum atomic E-state index is 11.7. The molecule has 0 saturated heterocycles. The summed E-state index contributed by atoms with van der Waals surface area (Å²) in [7, 11) is 0. The minimum atomic E-state index is -0.269. The Balaban J connectivity index is 1.83. The van der Waals surface area contributed by atoms with Crippen LogP contribution in [-0.2, 0) is 11.2 Å². The van der Waals surface area contributed by atoms with Crippen LogP contribution in [0, 0.1) is 0 Å². The predicted octanol–water partition coefficient (Wildman–Crippen LogP) is 3.91. The van der Waals surface area contributed by atoms with Crippen molar-refractivity contribution in [3.8, 4) is 0 Å². The summed E-state index contributed by atoms with van der Waals surface area (Å²) in [5.74, 6) is -0.269. The Morgan fingerprint density at radius 2 is 2.00 bits per heavy atom. The van der Waals surface area contributed by atoms with Crippen LogP contribution >= 0.6 is 27.3 Å². The minimum Gasteiger partial charge on any atom is -0.462 e. The van der Waals surface area contributed by atoms with Gasteiger partial charge < -0.3 is 4.74 Å². The van der Waals surface area contributed by atoms with Gasteiger partial charge in [0.25, 0.3) is 0 Å². The van der Waals surface area contributed by atoms with Crippen molar-refractivity contribution in [2.45, 2.75) is 6.42 Å². The molecule has 0 bridgehead atoms. The quantitative estimate of drug-likeness (QED) is 0.800. The van der Waals surface area contributed by atoms with Gasteiger partial charge in [-0.2, -0.15) is 0 Å². The monoisotopic (exact) mass is 310 g/mol. The summed E-state index contributed by atoms with van der Waals surface area (Å²) in [6.45, 7) is 0.426. The largest absolute Gasteiger partial charge is 0.462 e. The molecule has 4 heteroatoms. The van der Waals surface area contributed by atoms with Crippen LogP contribution in [0.5, 0.6) is 0 Å². The van der Waals surface area contributed by atoms with Crippen LogP contribution in [0.4, 0.5) is 0 Å². The summed E-state index contributed by atoms with van der Waals surface area (Å²) in [6, 6.07) is 11.2. The summed E-state index contributed by atoms with van der Waals surface area (Å²) in [4.78, 5) is 12.9. The Morgan fingerprint density at radius 1 is 1.24 bits per heavy atom. The highest BCUT2D eigenvalue weighted by Crippen LogP contribution is 2.12. The average molecular weight is 311 g/mol. The van der Waals surface area contributed by atoms with Crippen LogP contribution in [-0.4, -0.2) is 12.6 Å². The Labute approximate surface area is 112 Å². The van der Waals surface area contributed by atoms with Gasteiger partial charge in [-0.1, -0.05) is 22.0 Å². The van der Waals surface area contributed by atoms with Gasteiger partial charge in [0.2, 0.25) is 0 Å². The molecule has 0 atom stereocenters. The highest BCUT2D eigenvalue weighted by molar-refractivity contribution is 9.10. The fourth-order valence-electron chi connectivity index (χ4n) is 1.37. The molecule has 0 spiro atoms. The lowest BCUT2D eigenvalue weighted by Crippen LogP contribution is -2.07. The van der Waals surface area contributed by atoms with Gasteiger partial charge in [-0.3, -0.25) is 0 Å². The third-order valence-corrected chi connectivity index (χ3v) is 3.71. The van der Waals surface area contributed by atoms with Crippen LogP contribution < -0.4 is 0 Å². The second kappa shape index (κ2) is 5.98. The number of hydrogen-bond acceptors (Lipinski definition) is 3. The van der Waals surface area contributed by atoms with E-state index in [1.807, 2.05) is 29.6 Å². The van der Waals surface area contributed by atoms with Gasteiger partial charge in [0.1, 0.15) is 0 Å². The maximum Gasteiger partial charge on any atom is 0.338 e. The Hall–Kier alpha value is -1.13. The molecule has 0 N–H and O–H groups in total.